The van der Waals surface area contributed by atoms with Gasteiger partial charge in [-0.25, -0.2) is 0 Å². The number of ether oxygens (including phenoxy) is 1. The van der Waals surface area contributed by atoms with Crippen LogP contribution in [0.4, 0.5) is 0 Å². The van der Waals surface area contributed by atoms with Gasteiger partial charge in [0, 0.05) is 5.54 Å². The normalized spacial score (nSPS) is 27.8. The molecule has 0 amide bonds. The van der Waals surface area contributed by atoms with Crippen LogP contribution < -0.4 is 5.32 Å². The Morgan fingerprint density at radius 2 is 2.17 bits per heavy atom. The van der Waals surface area contributed by atoms with Crippen LogP contribution in [0.5, 0.6) is 0 Å². The summed E-state index contributed by atoms with van der Waals surface area (Å²) in [6.45, 7) is 7.45. The third kappa shape index (κ3) is 3.11. The molecule has 2 heteroatoms. The minimum absolute atomic E-state index is 0.191. The van der Waals surface area contributed by atoms with Gasteiger partial charge in [0.15, 0.2) is 0 Å². The van der Waals surface area contributed by atoms with E-state index < -0.39 is 0 Å². The monoisotopic (exact) mass is 171 g/mol. The van der Waals surface area contributed by atoms with Crippen LogP contribution in [0.25, 0.3) is 0 Å². The van der Waals surface area contributed by atoms with Gasteiger partial charge < -0.3 is 4.74 Å². The molecule has 1 heterocycles. The van der Waals surface area contributed by atoms with Gasteiger partial charge >= 0.3 is 0 Å². The lowest BCUT2D eigenvalue weighted by molar-refractivity contribution is 0.0896. The Labute approximate surface area is 75.7 Å². The second-order valence-corrected chi connectivity index (χ2v) is 4.32. The summed E-state index contributed by atoms with van der Waals surface area (Å²) in [5.41, 5.74) is 0.191. The number of hydrogen-bond acceptors (Lipinski definition) is 2. The van der Waals surface area contributed by atoms with E-state index in [1.165, 1.54) is 19.3 Å². The smallest absolute Gasteiger partial charge is 0.108 e. The summed E-state index contributed by atoms with van der Waals surface area (Å²) < 4.78 is 5.60. The Balaban J connectivity index is 2.11. The lowest BCUT2D eigenvalue weighted by atomic mass is 10.1. The Hall–Kier alpha value is -0.0800. The molecule has 0 radical (unpaired) electrons. The lowest BCUT2D eigenvalue weighted by Gasteiger charge is -2.16. The second-order valence-electron chi connectivity index (χ2n) is 4.32. The van der Waals surface area contributed by atoms with E-state index in [1.54, 1.807) is 0 Å². The SMILES string of the molecule is CCCCC[C@@H]1NC(C)(C)CO1. The predicted octanol–water partition coefficient (Wildman–Crippen LogP) is 2.29. The van der Waals surface area contributed by atoms with Crippen molar-refractivity contribution in [1.82, 2.24) is 5.32 Å². The van der Waals surface area contributed by atoms with Crippen molar-refractivity contribution < 1.29 is 4.74 Å². The van der Waals surface area contributed by atoms with Gasteiger partial charge in [-0.05, 0) is 26.7 Å². The Bertz CT molecular complexity index is 134. The van der Waals surface area contributed by atoms with E-state index in [0.717, 1.165) is 13.0 Å². The molecular formula is C10H21NO. The first-order valence-corrected chi connectivity index (χ1v) is 5.03. The van der Waals surface area contributed by atoms with Crippen molar-refractivity contribution in [3.63, 3.8) is 0 Å². The summed E-state index contributed by atoms with van der Waals surface area (Å²) in [7, 11) is 0. The van der Waals surface area contributed by atoms with Crippen LogP contribution >= 0.6 is 0 Å². The molecule has 1 aliphatic rings. The molecule has 0 aromatic carbocycles. The summed E-state index contributed by atoms with van der Waals surface area (Å²) in [6.07, 6.45) is 5.37. The highest BCUT2D eigenvalue weighted by Crippen LogP contribution is 2.17. The maximum atomic E-state index is 5.60. The van der Waals surface area contributed by atoms with Crippen molar-refractivity contribution in [2.45, 2.75) is 58.2 Å². The molecule has 0 unspecified atom stereocenters. The van der Waals surface area contributed by atoms with E-state index >= 15 is 0 Å². The molecule has 1 rings (SSSR count). The topological polar surface area (TPSA) is 21.3 Å². The molecule has 1 atom stereocenters. The third-order valence-corrected chi connectivity index (χ3v) is 2.27. The minimum atomic E-state index is 0.191. The number of rotatable bonds is 4. The molecule has 72 valence electrons. The average molecular weight is 171 g/mol. The van der Waals surface area contributed by atoms with E-state index in [2.05, 4.69) is 26.1 Å². The number of unbranched alkanes of at least 4 members (excludes halogenated alkanes) is 2. The van der Waals surface area contributed by atoms with Crippen LogP contribution in [0.15, 0.2) is 0 Å². The van der Waals surface area contributed by atoms with Crippen LogP contribution in [-0.4, -0.2) is 18.4 Å². The predicted molar refractivity (Wildman–Crippen MR) is 51.1 cm³/mol. The average Bonchev–Trinajstić information content (AvgIpc) is 2.31. The zero-order valence-electron chi connectivity index (χ0n) is 8.52. The fourth-order valence-electron chi connectivity index (χ4n) is 1.56. The van der Waals surface area contributed by atoms with E-state index in [9.17, 15) is 0 Å². The molecular weight excluding hydrogens is 150 g/mol. The van der Waals surface area contributed by atoms with Crippen molar-refractivity contribution in [2.24, 2.45) is 0 Å². The van der Waals surface area contributed by atoms with E-state index in [0.29, 0.717) is 6.23 Å². The highest BCUT2D eigenvalue weighted by molar-refractivity contribution is 4.84. The van der Waals surface area contributed by atoms with Crippen LogP contribution in [0, 0.1) is 0 Å². The zero-order valence-corrected chi connectivity index (χ0v) is 8.52. The van der Waals surface area contributed by atoms with Gasteiger partial charge in [0.05, 0.1) is 6.61 Å². The first-order chi connectivity index (χ1) is 5.64. The molecule has 0 bridgehead atoms. The Kier molecular flexibility index (Phi) is 3.53. The highest BCUT2D eigenvalue weighted by Gasteiger charge is 2.29. The van der Waals surface area contributed by atoms with Crippen LogP contribution in [-0.2, 0) is 4.74 Å². The van der Waals surface area contributed by atoms with Gasteiger partial charge in [-0.1, -0.05) is 19.8 Å². The fourth-order valence-corrected chi connectivity index (χ4v) is 1.56. The van der Waals surface area contributed by atoms with E-state index in [-0.39, 0.29) is 5.54 Å². The highest BCUT2D eigenvalue weighted by atomic mass is 16.5. The largest absolute Gasteiger partial charge is 0.361 e. The first kappa shape index (κ1) is 10.0. The molecule has 0 aliphatic carbocycles. The Morgan fingerprint density at radius 3 is 2.67 bits per heavy atom. The third-order valence-electron chi connectivity index (χ3n) is 2.27. The fraction of sp³-hybridized carbons (Fsp3) is 1.00. The molecule has 1 N–H and O–H groups in total. The maximum absolute atomic E-state index is 5.60. The first-order valence-electron chi connectivity index (χ1n) is 5.03. The molecule has 0 spiro atoms. The molecule has 0 saturated carbocycles. The molecule has 0 aromatic rings. The Morgan fingerprint density at radius 1 is 1.42 bits per heavy atom. The van der Waals surface area contributed by atoms with Gasteiger partial charge in [0.1, 0.15) is 6.23 Å². The second kappa shape index (κ2) is 4.24. The minimum Gasteiger partial charge on any atom is -0.361 e. The van der Waals surface area contributed by atoms with Gasteiger partial charge in [-0.3, -0.25) is 5.32 Å². The quantitative estimate of drug-likeness (QED) is 0.655. The molecule has 0 aromatic heterocycles. The van der Waals surface area contributed by atoms with Crippen molar-refractivity contribution >= 4 is 0 Å². The zero-order chi connectivity index (χ0) is 9.03. The van der Waals surface area contributed by atoms with Crippen molar-refractivity contribution in [1.29, 1.82) is 0 Å². The summed E-state index contributed by atoms with van der Waals surface area (Å²) in [5.74, 6) is 0. The molecule has 1 fully saturated rings. The van der Waals surface area contributed by atoms with Crippen molar-refractivity contribution in [3.05, 3.63) is 0 Å². The van der Waals surface area contributed by atoms with Crippen LogP contribution in [0.3, 0.4) is 0 Å². The van der Waals surface area contributed by atoms with Crippen LogP contribution in [0.1, 0.15) is 46.5 Å². The number of nitrogens with one attached hydrogen (secondary N) is 1. The van der Waals surface area contributed by atoms with E-state index in [4.69, 9.17) is 4.74 Å². The summed E-state index contributed by atoms with van der Waals surface area (Å²) in [4.78, 5) is 0. The van der Waals surface area contributed by atoms with E-state index in [1.807, 2.05) is 0 Å². The maximum Gasteiger partial charge on any atom is 0.108 e. The standard InChI is InChI=1S/C10H21NO/c1-4-5-6-7-9-11-10(2,3)8-12-9/h9,11H,4-8H2,1-3H3/t9-/m1/s1. The van der Waals surface area contributed by atoms with Crippen molar-refractivity contribution in [3.8, 4) is 0 Å². The molecule has 12 heavy (non-hydrogen) atoms. The lowest BCUT2D eigenvalue weighted by Crippen LogP contribution is -2.38. The molecule has 2 nitrogen and oxygen atoms in total. The van der Waals surface area contributed by atoms with Gasteiger partial charge in [-0.15, -0.1) is 0 Å². The van der Waals surface area contributed by atoms with Gasteiger partial charge in [-0.2, -0.15) is 0 Å². The van der Waals surface area contributed by atoms with Gasteiger partial charge in [0.2, 0.25) is 0 Å². The molecule has 1 aliphatic heterocycles. The van der Waals surface area contributed by atoms with Crippen molar-refractivity contribution in [2.75, 3.05) is 6.61 Å². The van der Waals surface area contributed by atoms with Gasteiger partial charge in [0.25, 0.3) is 0 Å². The van der Waals surface area contributed by atoms with Crippen LogP contribution in [0.2, 0.25) is 0 Å². The summed E-state index contributed by atoms with van der Waals surface area (Å²) >= 11 is 0. The summed E-state index contributed by atoms with van der Waals surface area (Å²) in [6, 6.07) is 0. The number of hydrogen-bond donors (Lipinski definition) is 1. The molecule has 1 saturated heterocycles. The summed E-state index contributed by atoms with van der Waals surface area (Å²) in [5, 5.41) is 3.47.